The third-order valence-corrected chi connectivity index (χ3v) is 4.78. The van der Waals surface area contributed by atoms with E-state index < -0.39 is 41.4 Å². The van der Waals surface area contributed by atoms with Crippen LogP contribution in [0.15, 0.2) is 17.2 Å². The smallest absolute Gasteiger partial charge is 0.354 e. The molecule has 0 spiro atoms. The quantitative estimate of drug-likeness (QED) is 0.604. The van der Waals surface area contributed by atoms with Gasteiger partial charge in [-0.05, 0) is 6.07 Å². The van der Waals surface area contributed by atoms with Gasteiger partial charge >= 0.3 is 17.9 Å². The summed E-state index contributed by atoms with van der Waals surface area (Å²) in [6, 6.07) is 2.66. The minimum atomic E-state index is -1.88. The summed E-state index contributed by atoms with van der Waals surface area (Å²) >= 11 is -1.15. The standard InChI is InChI=1S/C12H9NO8S2/c14-7(15)3-21-9-5-1-2-6(23(20)4-8(16)17)13-11(5)22-10(9)12(18)19/h1-2H,3-4H2,(H,14,15)(H,16,17)(H,18,19). The number of hydrogen-bond donors (Lipinski definition) is 3. The number of ether oxygens (including phenoxy) is 1. The van der Waals surface area contributed by atoms with Crippen molar-refractivity contribution in [3.8, 4) is 5.75 Å². The number of rotatable bonds is 7. The molecule has 1 atom stereocenters. The van der Waals surface area contributed by atoms with Crippen LogP contribution in [0.4, 0.5) is 0 Å². The number of fused-ring (bicyclic) bond motifs is 1. The Balaban J connectivity index is 2.45. The summed E-state index contributed by atoms with van der Waals surface area (Å²) in [7, 11) is 0. The second-order valence-corrected chi connectivity index (χ2v) is 6.53. The Bertz CT molecular complexity index is 787. The van der Waals surface area contributed by atoms with Gasteiger partial charge in [-0.3, -0.25) is 0 Å². The Hall–Kier alpha value is -2.37. The lowest BCUT2D eigenvalue weighted by Crippen LogP contribution is -2.16. The molecule has 0 saturated carbocycles. The highest BCUT2D eigenvalue weighted by molar-refractivity contribution is 7.92. The molecule has 2 rings (SSSR count). The molecule has 0 aliphatic rings. The molecule has 0 aromatic carbocycles. The van der Waals surface area contributed by atoms with Crippen LogP contribution in [0.1, 0.15) is 9.67 Å². The Labute approximate surface area is 135 Å². The van der Waals surface area contributed by atoms with Gasteiger partial charge in [0.15, 0.2) is 17.2 Å². The molecule has 2 heterocycles. The van der Waals surface area contributed by atoms with Gasteiger partial charge in [0.1, 0.15) is 4.83 Å². The van der Waals surface area contributed by atoms with Crippen LogP contribution >= 0.6 is 11.3 Å². The van der Waals surface area contributed by atoms with Crippen LogP contribution in [-0.2, 0) is 20.8 Å². The van der Waals surface area contributed by atoms with E-state index in [4.69, 9.17) is 20.1 Å². The number of carbonyl (C=O) groups is 3. The zero-order chi connectivity index (χ0) is 17.1. The van der Waals surface area contributed by atoms with Gasteiger partial charge in [0.2, 0.25) is 10.8 Å². The van der Waals surface area contributed by atoms with E-state index in [0.717, 1.165) is 11.3 Å². The van der Waals surface area contributed by atoms with E-state index in [0.29, 0.717) is 0 Å². The fourth-order valence-corrected chi connectivity index (χ4v) is 3.47. The Morgan fingerprint density at radius 3 is 2.48 bits per heavy atom. The third-order valence-electron chi connectivity index (χ3n) is 2.51. The molecule has 0 radical (unpaired) electrons. The monoisotopic (exact) mass is 359 g/mol. The highest BCUT2D eigenvalue weighted by Crippen LogP contribution is 2.37. The summed E-state index contributed by atoms with van der Waals surface area (Å²) in [6.45, 7) is -0.723. The lowest BCUT2D eigenvalue weighted by molar-refractivity contribution is -0.139. The number of aromatic carboxylic acids is 1. The molecule has 0 aliphatic heterocycles. The molecule has 2 aromatic heterocycles. The maximum Gasteiger partial charge on any atom is 0.354 e. The van der Waals surface area contributed by atoms with Crippen LogP contribution in [0.2, 0.25) is 0 Å². The first-order valence-electron chi connectivity index (χ1n) is 5.91. The van der Waals surface area contributed by atoms with E-state index >= 15 is 0 Å². The molecule has 23 heavy (non-hydrogen) atoms. The summed E-state index contributed by atoms with van der Waals surface area (Å²) in [5, 5.41) is 26.7. The summed E-state index contributed by atoms with van der Waals surface area (Å²) in [4.78, 5) is 36.3. The van der Waals surface area contributed by atoms with Gasteiger partial charge in [-0.1, -0.05) is 0 Å². The molecule has 1 unspecified atom stereocenters. The molecule has 11 heteroatoms. The average Bonchev–Trinajstić information content (AvgIpc) is 2.82. The van der Waals surface area contributed by atoms with E-state index in [1.54, 1.807) is 0 Å². The van der Waals surface area contributed by atoms with Gasteiger partial charge in [-0.2, -0.15) is 4.98 Å². The van der Waals surface area contributed by atoms with Crippen LogP contribution in [0.5, 0.6) is 5.75 Å². The van der Waals surface area contributed by atoms with Crippen molar-refractivity contribution in [3.63, 3.8) is 0 Å². The van der Waals surface area contributed by atoms with Crippen LogP contribution in [0, 0.1) is 0 Å². The number of hydrogen-bond acceptors (Lipinski definition) is 7. The number of thiophene rings is 1. The lowest BCUT2D eigenvalue weighted by atomic mass is 10.3. The van der Waals surface area contributed by atoms with Crippen molar-refractivity contribution < 1.29 is 39.0 Å². The van der Waals surface area contributed by atoms with Crippen molar-refractivity contribution >= 4 is 50.6 Å². The van der Waals surface area contributed by atoms with Gasteiger partial charge in [0, 0.05) is 17.2 Å². The SMILES string of the molecule is O=C(O)COc1c(C(=O)O)sc2nc([S+]([O-])CC(=O)O)ccc12. The van der Waals surface area contributed by atoms with E-state index in [1.807, 2.05) is 0 Å². The van der Waals surface area contributed by atoms with Crippen molar-refractivity contribution in [1.29, 1.82) is 0 Å². The molecule has 3 N–H and O–H groups in total. The number of aromatic nitrogens is 1. The summed E-state index contributed by atoms with van der Waals surface area (Å²) in [6.07, 6.45) is 0. The van der Waals surface area contributed by atoms with Gasteiger partial charge in [0.05, 0.1) is 5.39 Å². The molecular weight excluding hydrogens is 350 g/mol. The Morgan fingerprint density at radius 2 is 1.91 bits per heavy atom. The van der Waals surface area contributed by atoms with Gasteiger partial charge in [-0.25, -0.2) is 14.4 Å². The van der Waals surface area contributed by atoms with Crippen molar-refractivity contribution in [2.24, 2.45) is 0 Å². The second kappa shape index (κ2) is 6.81. The van der Waals surface area contributed by atoms with Crippen molar-refractivity contribution in [1.82, 2.24) is 4.98 Å². The summed E-state index contributed by atoms with van der Waals surface area (Å²) in [5.74, 6) is -4.61. The minimum Gasteiger partial charge on any atom is -0.610 e. The topological polar surface area (TPSA) is 157 Å². The van der Waals surface area contributed by atoms with Gasteiger partial charge in [-0.15, -0.1) is 11.3 Å². The zero-order valence-electron chi connectivity index (χ0n) is 11.2. The predicted octanol–water partition coefficient (Wildman–Crippen LogP) is 0.650. The first kappa shape index (κ1) is 17.0. The van der Waals surface area contributed by atoms with E-state index in [1.165, 1.54) is 12.1 Å². The number of carboxylic acid groups (broad SMARTS) is 3. The van der Waals surface area contributed by atoms with E-state index in [-0.39, 0.29) is 25.9 Å². The van der Waals surface area contributed by atoms with E-state index in [2.05, 4.69) is 4.98 Å². The molecule has 0 amide bonds. The van der Waals surface area contributed by atoms with Crippen molar-refractivity contribution in [3.05, 3.63) is 17.0 Å². The highest BCUT2D eigenvalue weighted by Gasteiger charge is 2.24. The Kier molecular flexibility index (Phi) is 5.03. The average molecular weight is 359 g/mol. The predicted molar refractivity (Wildman–Crippen MR) is 78.6 cm³/mol. The fraction of sp³-hybridized carbons (Fsp3) is 0.167. The first-order chi connectivity index (χ1) is 10.8. The first-order valence-corrected chi connectivity index (χ1v) is 8.04. The van der Waals surface area contributed by atoms with Gasteiger partial charge < -0.3 is 24.6 Å². The molecular formula is C12H9NO8S2. The zero-order valence-corrected chi connectivity index (χ0v) is 12.8. The largest absolute Gasteiger partial charge is 0.610 e. The normalized spacial score (nSPS) is 12.0. The van der Waals surface area contributed by atoms with Gasteiger partial charge in [0.25, 0.3) is 0 Å². The number of carboxylic acids is 3. The molecule has 0 fully saturated rings. The van der Waals surface area contributed by atoms with E-state index in [9.17, 15) is 18.9 Å². The second-order valence-electron chi connectivity index (χ2n) is 4.13. The number of nitrogens with zero attached hydrogens (tertiary/aromatic N) is 1. The van der Waals surface area contributed by atoms with Crippen LogP contribution in [-0.4, -0.2) is 55.1 Å². The molecule has 2 aromatic rings. The van der Waals surface area contributed by atoms with Crippen molar-refractivity contribution in [2.45, 2.75) is 5.03 Å². The summed E-state index contributed by atoms with van der Waals surface area (Å²) in [5.41, 5.74) is 0. The van der Waals surface area contributed by atoms with Crippen molar-refractivity contribution in [2.75, 3.05) is 12.4 Å². The fourth-order valence-electron chi connectivity index (χ4n) is 1.67. The summed E-state index contributed by atoms with van der Waals surface area (Å²) < 4.78 is 16.8. The number of aliphatic carboxylic acids is 2. The highest BCUT2D eigenvalue weighted by atomic mass is 32.2. The molecule has 122 valence electrons. The molecule has 0 bridgehead atoms. The number of pyridine rings is 1. The Morgan fingerprint density at radius 1 is 1.22 bits per heavy atom. The molecule has 0 aliphatic carbocycles. The van der Waals surface area contributed by atoms with Crippen LogP contribution in [0.3, 0.4) is 0 Å². The maximum absolute atomic E-state index is 11.8. The lowest BCUT2D eigenvalue weighted by Gasteiger charge is -2.06. The van der Waals surface area contributed by atoms with Crippen LogP contribution in [0.25, 0.3) is 10.2 Å². The maximum atomic E-state index is 11.8. The van der Waals surface area contributed by atoms with Crippen LogP contribution < -0.4 is 4.74 Å². The molecule has 9 nitrogen and oxygen atoms in total. The third kappa shape index (κ3) is 3.88. The molecule has 0 saturated heterocycles. The minimum absolute atomic E-state index is 0.0112.